The minimum Gasteiger partial charge on any atom is -0.508 e. The number of aliphatic carboxylic acids is 1. The number of benzene rings is 1. The number of hydrogen-bond acceptors (Lipinski definition) is 10. The van der Waals surface area contributed by atoms with Gasteiger partial charge >= 0.3 is 5.97 Å². The van der Waals surface area contributed by atoms with Crippen molar-refractivity contribution in [2.45, 2.75) is 55.5 Å². The number of hydroxylamine groups is 2. The number of piperidine rings is 1. The summed E-state index contributed by atoms with van der Waals surface area (Å²) in [5, 5.41) is 65.4. The molecule has 1 aromatic rings. The van der Waals surface area contributed by atoms with Gasteiger partial charge < -0.3 is 46.1 Å². The van der Waals surface area contributed by atoms with Crippen molar-refractivity contribution in [1.29, 1.82) is 0 Å². The summed E-state index contributed by atoms with van der Waals surface area (Å²) < 4.78 is 5.06. The van der Waals surface area contributed by atoms with E-state index in [4.69, 9.17) is 4.74 Å². The van der Waals surface area contributed by atoms with Crippen molar-refractivity contribution in [3.8, 4) is 5.75 Å². The molecule has 1 unspecified atom stereocenters. The summed E-state index contributed by atoms with van der Waals surface area (Å²) in [4.78, 5) is 36.4. The van der Waals surface area contributed by atoms with Crippen molar-refractivity contribution in [2.24, 2.45) is 0 Å². The van der Waals surface area contributed by atoms with E-state index in [9.17, 15) is 45.1 Å². The van der Waals surface area contributed by atoms with Crippen LogP contribution in [0.3, 0.4) is 0 Å². The molecule has 2 heterocycles. The average molecular weight is 455 g/mol. The number of nitrogens with zero attached hydrogens (tertiary/aromatic N) is 1. The van der Waals surface area contributed by atoms with Crippen LogP contribution in [0.15, 0.2) is 24.3 Å². The predicted molar refractivity (Wildman–Crippen MR) is 103 cm³/mol. The lowest BCUT2D eigenvalue weighted by molar-refractivity contribution is -0.298. The van der Waals surface area contributed by atoms with Gasteiger partial charge in [-0.3, -0.25) is 9.59 Å². The number of amides is 2. The van der Waals surface area contributed by atoms with E-state index < -0.39 is 66.6 Å². The van der Waals surface area contributed by atoms with Crippen molar-refractivity contribution in [3.63, 3.8) is 0 Å². The zero-order valence-electron chi connectivity index (χ0n) is 17.0. The minimum absolute atomic E-state index is 0.00786. The molecule has 2 aliphatic heterocycles. The van der Waals surface area contributed by atoms with Crippen LogP contribution in [0.1, 0.15) is 12.5 Å². The van der Waals surface area contributed by atoms with E-state index >= 15 is 0 Å². The number of fused-ring (bicyclic) bond motifs is 2. The summed E-state index contributed by atoms with van der Waals surface area (Å²) in [6.07, 6.45) is -5.29. The van der Waals surface area contributed by atoms with E-state index in [-0.39, 0.29) is 17.2 Å². The molecule has 2 bridgehead atoms. The van der Waals surface area contributed by atoms with Gasteiger partial charge in [0.15, 0.2) is 6.23 Å². The Kier molecular flexibility index (Phi) is 6.69. The van der Waals surface area contributed by atoms with Crippen LogP contribution >= 0.6 is 0 Å². The molecular formula is C19H25N3O10. The largest absolute Gasteiger partial charge is 0.508 e. The maximum absolute atomic E-state index is 12.9. The highest BCUT2D eigenvalue weighted by Gasteiger charge is 2.65. The number of phenolic OH excluding ortho intramolecular Hbond substituents is 1. The van der Waals surface area contributed by atoms with E-state index in [0.717, 1.165) is 6.92 Å². The van der Waals surface area contributed by atoms with E-state index in [1.807, 2.05) is 0 Å². The van der Waals surface area contributed by atoms with Gasteiger partial charge in [0.25, 0.3) is 0 Å². The fourth-order valence-corrected chi connectivity index (χ4v) is 3.94. The molecular weight excluding hydrogens is 430 g/mol. The number of rotatable bonds is 7. The fourth-order valence-electron chi connectivity index (χ4n) is 3.94. The number of hydrogen-bond donors (Lipinski definition) is 8. The van der Waals surface area contributed by atoms with E-state index in [0.29, 0.717) is 5.56 Å². The van der Waals surface area contributed by atoms with Gasteiger partial charge in [0.1, 0.15) is 35.6 Å². The zero-order chi connectivity index (χ0) is 23.8. The van der Waals surface area contributed by atoms with Crippen LogP contribution in [-0.2, 0) is 25.5 Å². The molecule has 176 valence electrons. The highest BCUT2D eigenvalue weighted by Crippen LogP contribution is 2.38. The first-order valence-corrected chi connectivity index (χ1v) is 9.71. The number of ether oxygens (including phenoxy) is 1. The highest BCUT2D eigenvalue weighted by atomic mass is 16.6. The number of phenols is 1. The Bertz CT molecular complexity index is 881. The Morgan fingerprint density at radius 3 is 2.38 bits per heavy atom. The first-order valence-electron chi connectivity index (χ1n) is 9.71. The maximum Gasteiger partial charge on any atom is 0.328 e. The molecule has 3 rings (SSSR count). The lowest BCUT2D eigenvalue weighted by Crippen LogP contribution is -2.74. The third kappa shape index (κ3) is 4.39. The summed E-state index contributed by atoms with van der Waals surface area (Å²) in [5.74, 6) is -3.16. The summed E-state index contributed by atoms with van der Waals surface area (Å²) in [5.41, 5.74) is -1.70. The summed E-state index contributed by atoms with van der Waals surface area (Å²) >= 11 is 0. The third-order valence-electron chi connectivity index (χ3n) is 5.64. The molecule has 7 atom stereocenters. The van der Waals surface area contributed by atoms with E-state index in [2.05, 4.69) is 10.6 Å². The van der Waals surface area contributed by atoms with Gasteiger partial charge in [-0.2, -0.15) is 5.06 Å². The van der Waals surface area contributed by atoms with Crippen LogP contribution in [0.25, 0.3) is 0 Å². The van der Waals surface area contributed by atoms with Crippen molar-refractivity contribution < 1.29 is 49.9 Å². The van der Waals surface area contributed by atoms with Crippen molar-refractivity contribution in [2.75, 3.05) is 6.61 Å². The smallest absolute Gasteiger partial charge is 0.328 e. The molecule has 8 N–H and O–H groups in total. The number of nitrogens with one attached hydrogen (secondary N) is 2. The molecule has 13 nitrogen and oxygen atoms in total. The molecule has 1 aromatic carbocycles. The molecule has 2 fully saturated rings. The second kappa shape index (κ2) is 8.97. The van der Waals surface area contributed by atoms with Crippen LogP contribution in [0.2, 0.25) is 0 Å². The summed E-state index contributed by atoms with van der Waals surface area (Å²) in [7, 11) is 0. The lowest BCUT2D eigenvalue weighted by atomic mass is 9.81. The number of carboxylic acids is 1. The van der Waals surface area contributed by atoms with Crippen LogP contribution in [-0.4, -0.2) is 102 Å². The van der Waals surface area contributed by atoms with E-state index in [1.54, 1.807) is 0 Å². The van der Waals surface area contributed by atoms with Crippen LogP contribution < -0.4 is 10.6 Å². The first-order chi connectivity index (χ1) is 15.0. The minimum atomic E-state index is -2.25. The molecule has 2 aliphatic rings. The first kappa shape index (κ1) is 23.8. The Labute approximate surface area is 181 Å². The van der Waals surface area contributed by atoms with Gasteiger partial charge in [-0.1, -0.05) is 12.1 Å². The molecule has 13 heteroatoms. The average Bonchev–Trinajstić information content (AvgIpc) is 2.98. The molecule has 0 spiro atoms. The molecule has 0 radical (unpaired) electrons. The predicted octanol–water partition coefficient (Wildman–Crippen LogP) is -3.11. The van der Waals surface area contributed by atoms with Gasteiger partial charge in [0, 0.05) is 13.3 Å². The second-order valence-corrected chi connectivity index (χ2v) is 7.90. The Morgan fingerprint density at radius 1 is 1.19 bits per heavy atom. The van der Waals surface area contributed by atoms with Crippen molar-refractivity contribution >= 4 is 17.8 Å². The van der Waals surface area contributed by atoms with E-state index in [1.165, 1.54) is 24.3 Å². The Balaban J connectivity index is 1.83. The highest BCUT2D eigenvalue weighted by molar-refractivity contribution is 5.90. The normalized spacial score (nSPS) is 31.5. The van der Waals surface area contributed by atoms with Crippen LogP contribution in [0.4, 0.5) is 0 Å². The van der Waals surface area contributed by atoms with Gasteiger partial charge in [0.2, 0.25) is 11.8 Å². The van der Waals surface area contributed by atoms with Gasteiger partial charge in [-0.05, 0) is 17.7 Å². The second-order valence-electron chi connectivity index (χ2n) is 7.90. The van der Waals surface area contributed by atoms with Crippen molar-refractivity contribution in [1.82, 2.24) is 15.7 Å². The number of aliphatic hydroxyl groups excluding tert-OH is 2. The van der Waals surface area contributed by atoms with Crippen molar-refractivity contribution in [3.05, 3.63) is 29.8 Å². The van der Waals surface area contributed by atoms with Gasteiger partial charge in [-0.15, -0.1) is 0 Å². The third-order valence-corrected chi connectivity index (χ3v) is 5.64. The molecule has 0 saturated carbocycles. The number of aliphatic hydroxyl groups is 3. The topological polar surface area (TPSA) is 209 Å². The number of carbonyl (C=O) groups excluding carboxylic acids is 2. The van der Waals surface area contributed by atoms with Gasteiger partial charge in [-0.25, -0.2) is 4.79 Å². The quantitative estimate of drug-likeness (QED) is 0.206. The fraction of sp³-hybridized carbons (Fsp3) is 0.526. The lowest BCUT2D eigenvalue weighted by Gasteiger charge is -2.46. The van der Waals surface area contributed by atoms with Gasteiger partial charge in [0.05, 0.1) is 12.6 Å². The molecule has 2 amide bonds. The molecule has 0 aromatic heterocycles. The maximum atomic E-state index is 12.9. The number of aromatic hydroxyl groups is 1. The summed E-state index contributed by atoms with van der Waals surface area (Å²) in [6, 6.07) is 0.833. The Hall–Kier alpha value is -2.81. The van der Waals surface area contributed by atoms with Crippen LogP contribution in [0, 0.1) is 0 Å². The number of carboxylic acid groups (broad SMARTS) is 1. The molecule has 0 aliphatic carbocycles. The molecule has 32 heavy (non-hydrogen) atoms. The van der Waals surface area contributed by atoms with Crippen LogP contribution in [0.5, 0.6) is 5.75 Å². The Morgan fingerprint density at radius 2 is 1.81 bits per heavy atom. The zero-order valence-corrected chi connectivity index (χ0v) is 17.0. The number of carbonyl (C=O) groups is 3. The molecule has 2 saturated heterocycles. The monoisotopic (exact) mass is 455 g/mol. The summed E-state index contributed by atoms with van der Waals surface area (Å²) in [6.45, 7) is 0.598. The standard InChI is InChI=1S/C19H25N3O10/c1-8(23)20-11(6-9-2-4-10(24)5-3-9)16(27)21-12(18(28)29)13-14(25)19(30)7-32-17(15(19)26)22(13)31/h2-5,11-15,17,24-26,30-31H,6-7H2,1H3,(H,20,23)(H,21,27)(H,28,29)/t11-,12?,13-,14-,15-,17-,19+/m0/s1. The SMILES string of the molecule is CC(=O)N[C@@H](Cc1ccc(O)cc1)C(=O)NC(C(=O)O)[C@H]1[C@H](O)[C@]2(O)CO[C@@H]([C@@H]2O)N1O.